The van der Waals surface area contributed by atoms with Gasteiger partial charge in [0.05, 0.1) is 6.61 Å². The molecule has 3 heteroatoms. The normalized spacial score (nSPS) is 13.6. The Labute approximate surface area is 128 Å². The van der Waals surface area contributed by atoms with Gasteiger partial charge in [-0.1, -0.05) is 12.1 Å². The third kappa shape index (κ3) is 1.92. The summed E-state index contributed by atoms with van der Waals surface area (Å²) in [4.78, 5) is 0. The third-order valence-corrected chi connectivity index (χ3v) is 4.59. The van der Waals surface area contributed by atoms with Gasteiger partial charge in [0.1, 0.15) is 0 Å². The molecule has 1 aliphatic carbocycles. The Kier molecular flexibility index (Phi) is 3.16. The summed E-state index contributed by atoms with van der Waals surface area (Å²) in [5.74, 6) is 0.143. The van der Waals surface area contributed by atoms with Crippen LogP contribution in [-0.2, 0) is 0 Å². The molecule has 2 aromatic rings. The Morgan fingerprint density at radius 3 is 1.76 bits per heavy atom. The second kappa shape index (κ2) is 4.51. The standard InChI is InChI=1S/C14H10I2O/c15-8-1-3-10-11-4-2-9(16)6-13(11)14(7-17)12(10)5-8/h1-6,14,17H,7H2. The van der Waals surface area contributed by atoms with Gasteiger partial charge in [-0.05, 0) is 91.7 Å². The van der Waals surface area contributed by atoms with Crippen molar-refractivity contribution in [2.24, 2.45) is 0 Å². The minimum Gasteiger partial charge on any atom is -0.395 e. The van der Waals surface area contributed by atoms with Crippen LogP contribution < -0.4 is 0 Å². The summed E-state index contributed by atoms with van der Waals surface area (Å²) in [6, 6.07) is 13.0. The average Bonchev–Trinajstić information content (AvgIpc) is 2.60. The molecule has 17 heavy (non-hydrogen) atoms. The van der Waals surface area contributed by atoms with Crippen LogP contribution in [0.5, 0.6) is 0 Å². The van der Waals surface area contributed by atoms with Gasteiger partial charge in [0.15, 0.2) is 0 Å². The average molecular weight is 448 g/mol. The van der Waals surface area contributed by atoms with Crippen molar-refractivity contribution in [1.29, 1.82) is 0 Å². The minimum absolute atomic E-state index is 0.143. The lowest BCUT2D eigenvalue weighted by Gasteiger charge is -2.10. The van der Waals surface area contributed by atoms with Crippen LogP contribution in [0.4, 0.5) is 0 Å². The summed E-state index contributed by atoms with van der Waals surface area (Å²) in [6.45, 7) is 0.181. The molecule has 0 amide bonds. The monoisotopic (exact) mass is 448 g/mol. The molecule has 0 aliphatic heterocycles. The number of halogens is 2. The van der Waals surface area contributed by atoms with Crippen molar-refractivity contribution in [3.05, 3.63) is 54.7 Å². The fourth-order valence-electron chi connectivity index (χ4n) is 2.50. The van der Waals surface area contributed by atoms with Crippen LogP contribution in [0.25, 0.3) is 11.1 Å². The predicted molar refractivity (Wildman–Crippen MR) is 86.2 cm³/mol. The molecule has 1 aliphatic rings. The molecule has 0 radical (unpaired) electrons. The largest absolute Gasteiger partial charge is 0.395 e. The highest BCUT2D eigenvalue weighted by molar-refractivity contribution is 14.1. The lowest BCUT2D eigenvalue weighted by Crippen LogP contribution is -2.02. The summed E-state index contributed by atoms with van der Waals surface area (Å²) in [5.41, 5.74) is 5.07. The maximum atomic E-state index is 9.64. The van der Waals surface area contributed by atoms with Crippen LogP contribution >= 0.6 is 45.2 Å². The molecular formula is C14H10I2O. The van der Waals surface area contributed by atoms with Crippen LogP contribution in [-0.4, -0.2) is 11.7 Å². The second-order valence-electron chi connectivity index (χ2n) is 4.20. The van der Waals surface area contributed by atoms with Crippen molar-refractivity contribution in [2.45, 2.75) is 5.92 Å². The summed E-state index contributed by atoms with van der Waals surface area (Å²) in [7, 11) is 0. The van der Waals surface area contributed by atoms with E-state index >= 15 is 0 Å². The second-order valence-corrected chi connectivity index (χ2v) is 6.69. The molecule has 0 bridgehead atoms. The summed E-state index contributed by atoms with van der Waals surface area (Å²) in [6.07, 6.45) is 0. The smallest absolute Gasteiger partial charge is 0.0540 e. The van der Waals surface area contributed by atoms with Gasteiger partial charge >= 0.3 is 0 Å². The Morgan fingerprint density at radius 2 is 1.35 bits per heavy atom. The number of hydrogen-bond donors (Lipinski definition) is 1. The van der Waals surface area contributed by atoms with E-state index in [1.54, 1.807) is 0 Å². The van der Waals surface area contributed by atoms with Gasteiger partial charge in [-0.3, -0.25) is 0 Å². The van der Waals surface area contributed by atoms with E-state index in [1.165, 1.54) is 29.4 Å². The molecule has 0 spiro atoms. The number of fused-ring (bicyclic) bond motifs is 3. The highest BCUT2D eigenvalue weighted by Gasteiger charge is 2.28. The van der Waals surface area contributed by atoms with E-state index in [1.807, 2.05) is 0 Å². The first-order valence-corrected chi connectivity index (χ1v) is 7.56. The summed E-state index contributed by atoms with van der Waals surface area (Å²) >= 11 is 4.65. The number of hydrogen-bond acceptors (Lipinski definition) is 1. The van der Waals surface area contributed by atoms with Crippen molar-refractivity contribution in [2.75, 3.05) is 6.61 Å². The Bertz CT molecular complexity index is 541. The quantitative estimate of drug-likeness (QED) is 0.655. The molecule has 2 aromatic carbocycles. The zero-order chi connectivity index (χ0) is 12.0. The minimum atomic E-state index is 0.143. The van der Waals surface area contributed by atoms with E-state index in [0.717, 1.165) is 0 Å². The first-order chi connectivity index (χ1) is 8.20. The van der Waals surface area contributed by atoms with E-state index in [0.29, 0.717) is 0 Å². The highest BCUT2D eigenvalue weighted by atomic mass is 127. The topological polar surface area (TPSA) is 20.2 Å². The van der Waals surface area contributed by atoms with Gasteiger partial charge in [-0.2, -0.15) is 0 Å². The summed E-state index contributed by atoms with van der Waals surface area (Å²) < 4.78 is 2.45. The molecule has 3 rings (SSSR count). The molecule has 0 aromatic heterocycles. The van der Waals surface area contributed by atoms with Crippen LogP contribution in [0.2, 0.25) is 0 Å². The maximum Gasteiger partial charge on any atom is 0.0540 e. The zero-order valence-electron chi connectivity index (χ0n) is 8.95. The van der Waals surface area contributed by atoms with Crippen molar-refractivity contribution in [3.8, 4) is 11.1 Å². The van der Waals surface area contributed by atoms with Crippen molar-refractivity contribution in [3.63, 3.8) is 0 Å². The van der Waals surface area contributed by atoms with Crippen LogP contribution in [0.3, 0.4) is 0 Å². The first-order valence-electron chi connectivity index (χ1n) is 5.41. The molecular weight excluding hydrogens is 438 g/mol. The summed E-state index contributed by atoms with van der Waals surface area (Å²) in [5, 5.41) is 9.64. The number of benzene rings is 2. The maximum absolute atomic E-state index is 9.64. The fourth-order valence-corrected chi connectivity index (χ4v) is 3.53. The van der Waals surface area contributed by atoms with E-state index in [4.69, 9.17) is 0 Å². The van der Waals surface area contributed by atoms with Crippen molar-refractivity contribution < 1.29 is 5.11 Å². The molecule has 0 saturated heterocycles. The number of rotatable bonds is 1. The number of aliphatic hydroxyl groups excluding tert-OH is 1. The Morgan fingerprint density at radius 1 is 0.882 bits per heavy atom. The zero-order valence-corrected chi connectivity index (χ0v) is 13.3. The van der Waals surface area contributed by atoms with Gasteiger partial charge in [-0.15, -0.1) is 0 Å². The van der Waals surface area contributed by atoms with Crippen molar-refractivity contribution in [1.82, 2.24) is 0 Å². The van der Waals surface area contributed by atoms with Crippen LogP contribution in [0.15, 0.2) is 36.4 Å². The van der Waals surface area contributed by atoms with Gasteiger partial charge in [0, 0.05) is 13.1 Å². The van der Waals surface area contributed by atoms with E-state index in [-0.39, 0.29) is 12.5 Å². The van der Waals surface area contributed by atoms with Crippen LogP contribution in [0, 0.1) is 7.14 Å². The molecule has 0 fully saturated rings. The van der Waals surface area contributed by atoms with Gasteiger partial charge in [0.25, 0.3) is 0 Å². The lowest BCUT2D eigenvalue weighted by atomic mass is 9.98. The number of aliphatic hydroxyl groups is 1. The van der Waals surface area contributed by atoms with Gasteiger partial charge in [-0.25, -0.2) is 0 Å². The molecule has 0 atom stereocenters. The molecule has 0 saturated carbocycles. The third-order valence-electron chi connectivity index (χ3n) is 3.25. The molecule has 1 N–H and O–H groups in total. The Balaban J connectivity index is 2.28. The van der Waals surface area contributed by atoms with Gasteiger partial charge in [0.2, 0.25) is 0 Å². The van der Waals surface area contributed by atoms with E-state index in [9.17, 15) is 5.11 Å². The van der Waals surface area contributed by atoms with Crippen LogP contribution in [0.1, 0.15) is 17.0 Å². The van der Waals surface area contributed by atoms with Crippen molar-refractivity contribution >= 4 is 45.2 Å². The fraction of sp³-hybridized carbons (Fsp3) is 0.143. The molecule has 0 unspecified atom stereocenters. The molecule has 86 valence electrons. The van der Waals surface area contributed by atoms with E-state index in [2.05, 4.69) is 81.6 Å². The molecule has 0 heterocycles. The first kappa shape index (κ1) is 11.9. The van der Waals surface area contributed by atoms with Gasteiger partial charge < -0.3 is 5.11 Å². The SMILES string of the molecule is OCC1c2cc(I)ccc2-c2ccc(I)cc21. The molecule has 1 nitrogen and oxygen atoms in total. The Hall–Kier alpha value is -0.140. The van der Waals surface area contributed by atoms with E-state index < -0.39 is 0 Å². The lowest BCUT2D eigenvalue weighted by molar-refractivity contribution is 0.282. The predicted octanol–water partition coefficient (Wildman–Crippen LogP) is 4.00. The highest BCUT2D eigenvalue weighted by Crippen LogP contribution is 2.45.